The lowest BCUT2D eigenvalue weighted by Crippen LogP contribution is -2.29. The third-order valence-corrected chi connectivity index (χ3v) is 5.44. The van der Waals surface area contributed by atoms with Crippen LogP contribution in [0.3, 0.4) is 0 Å². The number of hydrogen-bond donors (Lipinski definition) is 3. The molecule has 3 N–H and O–H groups in total. The van der Waals surface area contributed by atoms with E-state index in [4.69, 9.17) is 9.15 Å². The van der Waals surface area contributed by atoms with Gasteiger partial charge in [0, 0.05) is 31.9 Å². The molecule has 1 saturated carbocycles. The highest BCUT2D eigenvalue weighted by Gasteiger charge is 2.22. The molecule has 158 valence electrons. The summed E-state index contributed by atoms with van der Waals surface area (Å²) in [6.45, 7) is 0.417. The van der Waals surface area contributed by atoms with Gasteiger partial charge in [-0.3, -0.25) is 9.78 Å². The summed E-state index contributed by atoms with van der Waals surface area (Å²) in [5, 5.41) is 16.1. The van der Waals surface area contributed by atoms with Crippen LogP contribution in [-0.2, 0) is 0 Å². The molecule has 1 aliphatic carbocycles. The predicted molar refractivity (Wildman–Crippen MR) is 113 cm³/mol. The van der Waals surface area contributed by atoms with E-state index in [1.165, 1.54) is 25.5 Å². The van der Waals surface area contributed by atoms with Crippen molar-refractivity contribution in [1.82, 2.24) is 15.3 Å². The van der Waals surface area contributed by atoms with Gasteiger partial charge in [0.15, 0.2) is 5.58 Å². The van der Waals surface area contributed by atoms with Gasteiger partial charge in [0.25, 0.3) is 11.9 Å². The maximum atomic E-state index is 11.7. The number of oxazole rings is 1. The molecule has 0 bridgehead atoms. The number of nitrogens with zero attached hydrogens (tertiary/aromatic N) is 2. The third-order valence-electron chi connectivity index (χ3n) is 5.44. The Morgan fingerprint density at radius 3 is 2.83 bits per heavy atom. The second-order valence-electron chi connectivity index (χ2n) is 7.55. The number of aliphatic hydroxyl groups is 1. The molecule has 0 aliphatic heterocycles. The number of rotatable bonds is 7. The molecule has 0 unspecified atom stereocenters. The lowest BCUT2D eigenvalue weighted by molar-refractivity contribution is 0.0950. The Kier molecular flexibility index (Phi) is 6.13. The molecule has 0 saturated heterocycles. The summed E-state index contributed by atoms with van der Waals surface area (Å²) >= 11 is 0. The summed E-state index contributed by atoms with van der Waals surface area (Å²) in [7, 11) is 1.55. The first kappa shape index (κ1) is 20.2. The Bertz CT molecular complexity index is 1010. The van der Waals surface area contributed by atoms with Crippen molar-refractivity contribution in [2.24, 2.45) is 5.92 Å². The van der Waals surface area contributed by atoms with Gasteiger partial charge in [0.1, 0.15) is 22.7 Å². The van der Waals surface area contributed by atoms with Crippen LogP contribution in [0.2, 0.25) is 0 Å². The van der Waals surface area contributed by atoms with Crippen molar-refractivity contribution in [2.75, 3.05) is 18.9 Å². The molecule has 0 radical (unpaired) electrons. The Morgan fingerprint density at radius 2 is 2.03 bits per heavy atom. The first-order chi connectivity index (χ1) is 14.6. The van der Waals surface area contributed by atoms with Gasteiger partial charge in [-0.15, -0.1) is 0 Å². The van der Waals surface area contributed by atoms with Gasteiger partial charge in [-0.1, -0.05) is 19.3 Å². The Labute approximate surface area is 174 Å². The summed E-state index contributed by atoms with van der Waals surface area (Å²) in [4.78, 5) is 20.2. The van der Waals surface area contributed by atoms with E-state index in [2.05, 4.69) is 20.6 Å². The van der Waals surface area contributed by atoms with E-state index in [-0.39, 0.29) is 11.6 Å². The topological polar surface area (TPSA) is 110 Å². The normalized spacial score (nSPS) is 15.7. The van der Waals surface area contributed by atoms with E-state index in [0.29, 0.717) is 41.1 Å². The van der Waals surface area contributed by atoms with Crippen LogP contribution < -0.4 is 15.4 Å². The maximum absolute atomic E-state index is 11.7. The minimum Gasteiger partial charge on any atom is -0.457 e. The molecule has 1 atom stereocenters. The number of benzene rings is 1. The van der Waals surface area contributed by atoms with Crippen molar-refractivity contribution < 1.29 is 19.1 Å². The average molecular weight is 410 g/mol. The van der Waals surface area contributed by atoms with Gasteiger partial charge in [-0.05, 0) is 37.0 Å². The minimum atomic E-state index is -0.402. The zero-order chi connectivity index (χ0) is 20.9. The van der Waals surface area contributed by atoms with Crippen molar-refractivity contribution in [3.05, 3.63) is 42.2 Å². The van der Waals surface area contributed by atoms with Crippen LogP contribution >= 0.6 is 0 Å². The Balaban J connectivity index is 1.41. The van der Waals surface area contributed by atoms with E-state index in [1.54, 1.807) is 37.4 Å². The monoisotopic (exact) mass is 410 g/mol. The third kappa shape index (κ3) is 4.71. The highest BCUT2D eigenvalue weighted by atomic mass is 16.5. The Hall–Kier alpha value is -3.13. The standard InChI is InChI=1S/C22H26N4O4/c1-23-21(28)18-11-16(9-10-24-18)29-15-7-8-17-20(12-15)30-22(26-17)25-13-19(27)14-5-3-2-4-6-14/h7-12,14,19,27H,2-6,13H2,1H3,(H,23,28)(H,25,26)/t19-/m1/s1. The highest BCUT2D eigenvalue weighted by Crippen LogP contribution is 2.29. The zero-order valence-corrected chi connectivity index (χ0v) is 16.9. The molecule has 1 aliphatic rings. The summed E-state index contributed by atoms with van der Waals surface area (Å²) in [5.41, 5.74) is 1.54. The molecule has 30 heavy (non-hydrogen) atoms. The second kappa shape index (κ2) is 9.13. The summed E-state index contributed by atoms with van der Waals surface area (Å²) in [6, 6.07) is 8.96. The number of carbonyl (C=O) groups is 1. The van der Waals surface area contributed by atoms with Crippen LogP contribution in [0.25, 0.3) is 11.1 Å². The van der Waals surface area contributed by atoms with E-state index in [1.807, 2.05) is 0 Å². The number of pyridine rings is 1. The number of nitrogens with one attached hydrogen (secondary N) is 2. The molecule has 2 heterocycles. The number of fused-ring (bicyclic) bond motifs is 1. The van der Waals surface area contributed by atoms with Gasteiger partial charge in [-0.25, -0.2) is 0 Å². The summed E-state index contributed by atoms with van der Waals surface area (Å²) in [6.07, 6.45) is 6.91. The van der Waals surface area contributed by atoms with Crippen molar-refractivity contribution in [1.29, 1.82) is 0 Å². The summed E-state index contributed by atoms with van der Waals surface area (Å²) in [5.74, 6) is 1.12. The van der Waals surface area contributed by atoms with Gasteiger partial charge < -0.3 is 24.9 Å². The van der Waals surface area contributed by atoms with Crippen LogP contribution in [0.15, 0.2) is 40.9 Å². The van der Waals surface area contributed by atoms with Gasteiger partial charge >= 0.3 is 0 Å². The fourth-order valence-corrected chi connectivity index (χ4v) is 3.78. The fourth-order valence-electron chi connectivity index (χ4n) is 3.78. The van der Waals surface area contributed by atoms with Crippen LogP contribution in [0.4, 0.5) is 6.01 Å². The number of hydrogen-bond acceptors (Lipinski definition) is 7. The largest absolute Gasteiger partial charge is 0.457 e. The molecule has 8 heteroatoms. The van der Waals surface area contributed by atoms with Gasteiger partial charge in [-0.2, -0.15) is 4.98 Å². The van der Waals surface area contributed by atoms with Crippen molar-refractivity contribution in [3.63, 3.8) is 0 Å². The molecule has 1 fully saturated rings. The number of aromatic nitrogens is 2. The van der Waals surface area contributed by atoms with Crippen molar-refractivity contribution >= 4 is 23.0 Å². The summed E-state index contributed by atoms with van der Waals surface area (Å²) < 4.78 is 11.6. The molecule has 4 rings (SSSR count). The highest BCUT2D eigenvalue weighted by molar-refractivity contribution is 5.92. The zero-order valence-electron chi connectivity index (χ0n) is 16.9. The fraction of sp³-hybridized carbons (Fsp3) is 0.409. The van der Waals surface area contributed by atoms with Crippen LogP contribution in [0.5, 0.6) is 11.5 Å². The molecule has 1 aromatic carbocycles. The molecule has 1 amide bonds. The van der Waals surface area contributed by atoms with E-state index >= 15 is 0 Å². The van der Waals surface area contributed by atoms with E-state index in [0.717, 1.165) is 12.8 Å². The molecule has 2 aromatic heterocycles. The number of anilines is 1. The second-order valence-corrected chi connectivity index (χ2v) is 7.55. The van der Waals surface area contributed by atoms with Crippen LogP contribution in [0, 0.1) is 5.92 Å². The van der Waals surface area contributed by atoms with E-state index in [9.17, 15) is 9.90 Å². The van der Waals surface area contributed by atoms with Crippen LogP contribution in [-0.4, -0.2) is 40.7 Å². The molecule has 3 aromatic rings. The molecule has 8 nitrogen and oxygen atoms in total. The van der Waals surface area contributed by atoms with Crippen molar-refractivity contribution in [2.45, 2.75) is 38.2 Å². The first-order valence-corrected chi connectivity index (χ1v) is 10.3. The Morgan fingerprint density at radius 1 is 1.23 bits per heavy atom. The number of ether oxygens (including phenoxy) is 1. The van der Waals surface area contributed by atoms with Crippen molar-refractivity contribution in [3.8, 4) is 11.5 Å². The SMILES string of the molecule is CNC(=O)c1cc(Oc2ccc3nc(NC[C@@H](O)C4CCCCC4)oc3c2)ccn1. The number of aliphatic hydroxyl groups excluding tert-OH is 1. The van der Waals surface area contributed by atoms with E-state index < -0.39 is 6.10 Å². The lowest BCUT2D eigenvalue weighted by atomic mass is 9.85. The van der Waals surface area contributed by atoms with Gasteiger partial charge in [0.05, 0.1) is 6.10 Å². The smallest absolute Gasteiger partial charge is 0.295 e. The van der Waals surface area contributed by atoms with Gasteiger partial charge in [0.2, 0.25) is 0 Å². The maximum Gasteiger partial charge on any atom is 0.295 e. The predicted octanol–water partition coefficient (Wildman–Crippen LogP) is 3.73. The molecular formula is C22H26N4O4. The lowest BCUT2D eigenvalue weighted by Gasteiger charge is -2.26. The quantitative estimate of drug-likeness (QED) is 0.544. The molecule has 0 spiro atoms. The average Bonchev–Trinajstić information content (AvgIpc) is 3.20. The number of carbonyl (C=O) groups excluding carboxylic acids is 1. The molecular weight excluding hydrogens is 384 g/mol. The van der Waals surface area contributed by atoms with Crippen LogP contribution in [0.1, 0.15) is 42.6 Å². The number of amides is 1. The minimum absolute atomic E-state index is 0.277. The first-order valence-electron chi connectivity index (χ1n) is 10.3.